The van der Waals surface area contributed by atoms with Gasteiger partial charge in [0.25, 0.3) is 0 Å². The molecule has 2 nitrogen and oxygen atoms in total. The van der Waals surface area contributed by atoms with Gasteiger partial charge >= 0.3 is 0 Å². The second-order valence-corrected chi connectivity index (χ2v) is 3.19. The van der Waals surface area contributed by atoms with Crippen LogP contribution < -0.4 is 4.74 Å². The Morgan fingerprint density at radius 3 is 2.79 bits per heavy atom. The molecule has 0 amide bonds. The number of methoxy groups -OCH3 is 1. The van der Waals surface area contributed by atoms with Gasteiger partial charge in [-0.2, -0.15) is 0 Å². The lowest BCUT2D eigenvalue weighted by atomic mass is 10.0. The first-order valence-electron chi connectivity index (χ1n) is 4.45. The maximum atomic E-state index is 11.0. The molecule has 0 spiro atoms. The predicted octanol–water partition coefficient (Wildman–Crippen LogP) is 2.38. The number of Topliss-reactive ketones (excluding diaryl/α,β-unsaturated/α-hetero) is 1. The molecule has 74 valence electrons. The maximum absolute atomic E-state index is 11.0. The zero-order valence-corrected chi connectivity index (χ0v) is 8.54. The fourth-order valence-electron chi connectivity index (χ4n) is 1.15. The third-order valence-corrected chi connectivity index (χ3v) is 2.05. The molecule has 0 heterocycles. The number of benzene rings is 1. The van der Waals surface area contributed by atoms with Crippen LogP contribution in [0.3, 0.4) is 0 Å². The van der Waals surface area contributed by atoms with Crippen LogP contribution in [0.15, 0.2) is 36.4 Å². The van der Waals surface area contributed by atoms with E-state index in [0.717, 1.165) is 11.3 Å². The van der Waals surface area contributed by atoms with E-state index < -0.39 is 0 Å². The van der Waals surface area contributed by atoms with Crippen LogP contribution in [-0.2, 0) is 11.2 Å². The minimum Gasteiger partial charge on any atom is -0.497 e. The van der Waals surface area contributed by atoms with Crippen molar-refractivity contribution in [1.82, 2.24) is 0 Å². The molecule has 2 heteroatoms. The molecule has 0 N–H and O–H groups in total. The van der Waals surface area contributed by atoms with E-state index in [9.17, 15) is 4.79 Å². The zero-order valence-electron chi connectivity index (χ0n) is 8.54. The van der Waals surface area contributed by atoms with Crippen LogP contribution in [0.4, 0.5) is 0 Å². The number of carbonyl (C=O) groups excluding carboxylic acids is 1. The first kappa shape index (κ1) is 10.5. The van der Waals surface area contributed by atoms with Gasteiger partial charge in [-0.3, -0.25) is 4.79 Å². The standard InChI is InChI=1S/C12H14O2/c1-9(10(2)13)7-11-5-4-6-12(8-11)14-3/h4-6,8H,1,7H2,2-3H3. The minimum absolute atomic E-state index is 0.0350. The lowest BCUT2D eigenvalue weighted by molar-refractivity contribution is -0.113. The van der Waals surface area contributed by atoms with Gasteiger partial charge in [-0.15, -0.1) is 0 Å². The van der Waals surface area contributed by atoms with Crippen LogP contribution in [0.1, 0.15) is 12.5 Å². The zero-order chi connectivity index (χ0) is 10.6. The minimum atomic E-state index is 0.0350. The van der Waals surface area contributed by atoms with Crippen LogP contribution in [-0.4, -0.2) is 12.9 Å². The summed E-state index contributed by atoms with van der Waals surface area (Å²) in [4.78, 5) is 11.0. The molecule has 1 aromatic rings. The molecule has 0 aliphatic heterocycles. The SMILES string of the molecule is C=C(Cc1cccc(OC)c1)C(C)=O. The van der Waals surface area contributed by atoms with E-state index in [2.05, 4.69) is 6.58 Å². The van der Waals surface area contributed by atoms with Crippen molar-refractivity contribution in [2.24, 2.45) is 0 Å². The van der Waals surface area contributed by atoms with E-state index in [1.54, 1.807) is 7.11 Å². The first-order valence-corrected chi connectivity index (χ1v) is 4.45. The fraction of sp³-hybridized carbons (Fsp3) is 0.250. The third kappa shape index (κ3) is 2.73. The molecule has 0 saturated heterocycles. The number of hydrogen-bond acceptors (Lipinski definition) is 2. The number of ether oxygens (including phenoxy) is 1. The molecule has 0 atom stereocenters. The number of carbonyl (C=O) groups is 1. The molecule has 0 saturated carbocycles. The van der Waals surface area contributed by atoms with Crippen LogP contribution in [0.5, 0.6) is 5.75 Å². The van der Waals surface area contributed by atoms with E-state index >= 15 is 0 Å². The Hall–Kier alpha value is -1.57. The monoisotopic (exact) mass is 190 g/mol. The van der Waals surface area contributed by atoms with Crippen molar-refractivity contribution in [2.45, 2.75) is 13.3 Å². The molecule has 1 rings (SSSR count). The van der Waals surface area contributed by atoms with Crippen LogP contribution in [0.25, 0.3) is 0 Å². The lowest BCUT2D eigenvalue weighted by Crippen LogP contribution is -1.98. The van der Waals surface area contributed by atoms with Gasteiger partial charge in [0.15, 0.2) is 5.78 Å². The normalized spacial score (nSPS) is 9.57. The average molecular weight is 190 g/mol. The topological polar surface area (TPSA) is 26.3 Å². The van der Waals surface area contributed by atoms with Gasteiger partial charge in [-0.25, -0.2) is 0 Å². The highest BCUT2D eigenvalue weighted by atomic mass is 16.5. The average Bonchev–Trinajstić information content (AvgIpc) is 2.18. The Balaban J connectivity index is 2.76. The highest BCUT2D eigenvalue weighted by Crippen LogP contribution is 2.15. The third-order valence-electron chi connectivity index (χ3n) is 2.05. The Morgan fingerprint density at radius 2 is 2.21 bits per heavy atom. The van der Waals surface area contributed by atoms with E-state index in [4.69, 9.17) is 4.74 Å². The summed E-state index contributed by atoms with van der Waals surface area (Å²) in [5.74, 6) is 0.840. The maximum Gasteiger partial charge on any atom is 0.155 e. The molecule has 0 radical (unpaired) electrons. The van der Waals surface area contributed by atoms with Gasteiger partial charge in [-0.05, 0) is 30.2 Å². The van der Waals surface area contributed by atoms with E-state index in [-0.39, 0.29) is 5.78 Å². The molecule has 0 fully saturated rings. The Morgan fingerprint density at radius 1 is 1.50 bits per heavy atom. The molecule has 1 aromatic carbocycles. The van der Waals surface area contributed by atoms with Crippen LogP contribution in [0.2, 0.25) is 0 Å². The molecule has 0 aliphatic carbocycles. The molecule has 0 bridgehead atoms. The Bertz CT molecular complexity index is 353. The highest BCUT2D eigenvalue weighted by molar-refractivity contribution is 5.92. The second kappa shape index (κ2) is 4.61. The quantitative estimate of drug-likeness (QED) is 0.681. The van der Waals surface area contributed by atoms with Gasteiger partial charge in [0.1, 0.15) is 5.75 Å². The van der Waals surface area contributed by atoms with Crippen molar-refractivity contribution in [3.05, 3.63) is 42.0 Å². The van der Waals surface area contributed by atoms with E-state index in [1.807, 2.05) is 24.3 Å². The first-order chi connectivity index (χ1) is 6.63. The van der Waals surface area contributed by atoms with Crippen molar-refractivity contribution < 1.29 is 9.53 Å². The summed E-state index contributed by atoms with van der Waals surface area (Å²) in [5, 5.41) is 0. The smallest absolute Gasteiger partial charge is 0.155 e. The van der Waals surface area contributed by atoms with Crippen molar-refractivity contribution >= 4 is 5.78 Å². The van der Waals surface area contributed by atoms with Gasteiger partial charge in [0.2, 0.25) is 0 Å². The van der Waals surface area contributed by atoms with Crippen molar-refractivity contribution in [1.29, 1.82) is 0 Å². The van der Waals surface area contributed by atoms with Crippen molar-refractivity contribution in [2.75, 3.05) is 7.11 Å². The summed E-state index contributed by atoms with van der Waals surface area (Å²) in [6, 6.07) is 7.65. The fourth-order valence-corrected chi connectivity index (χ4v) is 1.15. The summed E-state index contributed by atoms with van der Waals surface area (Å²) in [7, 11) is 1.62. The largest absolute Gasteiger partial charge is 0.497 e. The number of allylic oxidation sites excluding steroid dienone is 1. The highest BCUT2D eigenvalue weighted by Gasteiger charge is 2.02. The van der Waals surface area contributed by atoms with E-state index in [1.165, 1.54) is 6.92 Å². The summed E-state index contributed by atoms with van der Waals surface area (Å²) in [6.07, 6.45) is 0.590. The summed E-state index contributed by atoms with van der Waals surface area (Å²) < 4.78 is 5.08. The van der Waals surface area contributed by atoms with Gasteiger partial charge < -0.3 is 4.74 Å². The molecule has 0 aromatic heterocycles. The van der Waals surface area contributed by atoms with E-state index in [0.29, 0.717) is 12.0 Å². The summed E-state index contributed by atoms with van der Waals surface area (Å²) >= 11 is 0. The molecular formula is C12H14O2. The van der Waals surface area contributed by atoms with Gasteiger partial charge in [0, 0.05) is 6.42 Å². The summed E-state index contributed by atoms with van der Waals surface area (Å²) in [5.41, 5.74) is 1.67. The Labute approximate surface area is 84.2 Å². The summed E-state index contributed by atoms with van der Waals surface area (Å²) in [6.45, 7) is 5.24. The Kier molecular flexibility index (Phi) is 3.46. The van der Waals surface area contributed by atoms with Crippen LogP contribution in [0, 0.1) is 0 Å². The molecule has 14 heavy (non-hydrogen) atoms. The molecular weight excluding hydrogens is 176 g/mol. The number of ketones is 1. The lowest BCUT2D eigenvalue weighted by Gasteiger charge is -2.04. The van der Waals surface area contributed by atoms with Crippen molar-refractivity contribution in [3.8, 4) is 5.75 Å². The number of rotatable bonds is 4. The van der Waals surface area contributed by atoms with Gasteiger partial charge in [0.05, 0.1) is 7.11 Å². The number of hydrogen-bond donors (Lipinski definition) is 0. The van der Waals surface area contributed by atoms with Crippen LogP contribution >= 0.6 is 0 Å². The predicted molar refractivity (Wildman–Crippen MR) is 56.5 cm³/mol. The van der Waals surface area contributed by atoms with Gasteiger partial charge in [-0.1, -0.05) is 18.7 Å². The molecule has 0 aliphatic rings. The second-order valence-electron chi connectivity index (χ2n) is 3.19. The molecule has 0 unspecified atom stereocenters. The van der Waals surface area contributed by atoms with Crippen molar-refractivity contribution in [3.63, 3.8) is 0 Å².